The van der Waals surface area contributed by atoms with Gasteiger partial charge in [-0.1, -0.05) is 30.4 Å². The van der Waals surface area contributed by atoms with Gasteiger partial charge in [0.15, 0.2) is 5.82 Å². The molecule has 1 aliphatic rings. The number of aromatic nitrogens is 3. The Morgan fingerprint density at radius 3 is 2.70 bits per heavy atom. The highest BCUT2D eigenvalue weighted by atomic mass is 15.1. The fourth-order valence-electron chi connectivity index (χ4n) is 2.90. The zero-order valence-corrected chi connectivity index (χ0v) is 14.7. The Hall–Kier alpha value is -3.72. The SMILES string of the molecule is N#Cc1ccc(NCCNc2nc(C3=CC=CC3)nc3ccccc23)nc1. The van der Waals surface area contributed by atoms with E-state index in [9.17, 15) is 0 Å². The molecule has 6 nitrogen and oxygen atoms in total. The maximum Gasteiger partial charge on any atom is 0.158 e. The molecule has 0 saturated carbocycles. The second-order valence-corrected chi connectivity index (χ2v) is 6.13. The molecule has 0 atom stereocenters. The normalized spacial score (nSPS) is 12.6. The van der Waals surface area contributed by atoms with Crippen molar-refractivity contribution in [2.75, 3.05) is 23.7 Å². The molecule has 0 fully saturated rings. The van der Waals surface area contributed by atoms with Crippen LogP contribution < -0.4 is 10.6 Å². The lowest BCUT2D eigenvalue weighted by Gasteiger charge is -2.12. The van der Waals surface area contributed by atoms with Gasteiger partial charge in [0.25, 0.3) is 0 Å². The zero-order valence-electron chi connectivity index (χ0n) is 14.7. The van der Waals surface area contributed by atoms with Crippen molar-refractivity contribution in [3.63, 3.8) is 0 Å². The van der Waals surface area contributed by atoms with Crippen molar-refractivity contribution in [2.24, 2.45) is 0 Å². The van der Waals surface area contributed by atoms with Crippen LogP contribution >= 0.6 is 0 Å². The first-order chi connectivity index (χ1) is 13.3. The summed E-state index contributed by atoms with van der Waals surface area (Å²) in [6.45, 7) is 1.36. The van der Waals surface area contributed by atoms with E-state index in [1.54, 1.807) is 18.3 Å². The number of hydrogen-bond donors (Lipinski definition) is 2. The number of nitrogens with zero attached hydrogens (tertiary/aromatic N) is 4. The van der Waals surface area contributed by atoms with E-state index in [2.05, 4.69) is 33.8 Å². The van der Waals surface area contributed by atoms with Gasteiger partial charge in [0.1, 0.15) is 17.7 Å². The number of allylic oxidation sites excluding steroid dienone is 4. The van der Waals surface area contributed by atoms with Crippen LogP contribution in [0.2, 0.25) is 0 Å². The molecule has 0 amide bonds. The van der Waals surface area contributed by atoms with E-state index < -0.39 is 0 Å². The van der Waals surface area contributed by atoms with Gasteiger partial charge in [0.05, 0.1) is 11.1 Å². The number of nitrogens with one attached hydrogen (secondary N) is 2. The lowest BCUT2D eigenvalue weighted by atomic mass is 10.2. The smallest absolute Gasteiger partial charge is 0.158 e. The number of fused-ring (bicyclic) bond motifs is 1. The van der Waals surface area contributed by atoms with E-state index in [4.69, 9.17) is 15.2 Å². The van der Waals surface area contributed by atoms with Crippen LogP contribution in [-0.4, -0.2) is 28.0 Å². The molecule has 0 saturated heterocycles. The molecule has 0 radical (unpaired) electrons. The number of rotatable bonds is 6. The molecule has 0 aliphatic heterocycles. The van der Waals surface area contributed by atoms with Gasteiger partial charge >= 0.3 is 0 Å². The topological polar surface area (TPSA) is 86.5 Å². The first kappa shape index (κ1) is 16.7. The molecular weight excluding hydrogens is 336 g/mol. The Kier molecular flexibility index (Phi) is 4.75. The summed E-state index contributed by atoms with van der Waals surface area (Å²) in [5.41, 5.74) is 2.61. The Morgan fingerprint density at radius 2 is 1.93 bits per heavy atom. The van der Waals surface area contributed by atoms with Crippen molar-refractivity contribution in [1.29, 1.82) is 5.26 Å². The van der Waals surface area contributed by atoms with Crippen molar-refractivity contribution >= 4 is 28.1 Å². The maximum atomic E-state index is 8.82. The molecule has 27 heavy (non-hydrogen) atoms. The molecule has 1 aromatic carbocycles. The molecule has 6 heteroatoms. The Balaban J connectivity index is 1.46. The summed E-state index contributed by atoms with van der Waals surface area (Å²) in [7, 11) is 0. The molecule has 2 aromatic heterocycles. The van der Waals surface area contributed by atoms with Gasteiger partial charge in [0.2, 0.25) is 0 Å². The van der Waals surface area contributed by atoms with Crippen molar-refractivity contribution in [3.8, 4) is 6.07 Å². The summed E-state index contributed by atoms with van der Waals surface area (Å²) in [6.07, 6.45) is 8.63. The van der Waals surface area contributed by atoms with Crippen LogP contribution in [-0.2, 0) is 0 Å². The van der Waals surface area contributed by atoms with Gasteiger partial charge in [-0.15, -0.1) is 0 Å². The summed E-state index contributed by atoms with van der Waals surface area (Å²) in [6, 6.07) is 13.6. The number of para-hydroxylation sites is 1. The summed E-state index contributed by atoms with van der Waals surface area (Å²) in [4.78, 5) is 13.6. The summed E-state index contributed by atoms with van der Waals surface area (Å²) >= 11 is 0. The average Bonchev–Trinajstić information content (AvgIpc) is 3.26. The predicted molar refractivity (Wildman–Crippen MR) is 107 cm³/mol. The van der Waals surface area contributed by atoms with Gasteiger partial charge in [-0.2, -0.15) is 5.26 Å². The monoisotopic (exact) mass is 354 g/mol. The second kappa shape index (κ2) is 7.67. The third-order valence-corrected chi connectivity index (χ3v) is 4.28. The van der Waals surface area contributed by atoms with Gasteiger partial charge in [0, 0.05) is 30.2 Å². The van der Waals surface area contributed by atoms with E-state index >= 15 is 0 Å². The van der Waals surface area contributed by atoms with E-state index in [0.717, 1.165) is 40.4 Å². The number of hydrogen-bond acceptors (Lipinski definition) is 6. The largest absolute Gasteiger partial charge is 0.368 e. The number of anilines is 2. The summed E-state index contributed by atoms with van der Waals surface area (Å²) in [5, 5.41) is 16.5. The Morgan fingerprint density at radius 1 is 1.04 bits per heavy atom. The molecule has 0 spiro atoms. The molecule has 2 heterocycles. The van der Waals surface area contributed by atoms with E-state index in [-0.39, 0.29) is 0 Å². The van der Waals surface area contributed by atoms with Crippen molar-refractivity contribution in [3.05, 3.63) is 72.2 Å². The summed E-state index contributed by atoms with van der Waals surface area (Å²) < 4.78 is 0. The van der Waals surface area contributed by atoms with Crippen LogP contribution in [0.25, 0.3) is 16.5 Å². The van der Waals surface area contributed by atoms with Gasteiger partial charge in [-0.05, 0) is 30.7 Å². The Labute approximate surface area is 157 Å². The number of pyridine rings is 1. The van der Waals surface area contributed by atoms with Crippen molar-refractivity contribution < 1.29 is 0 Å². The minimum absolute atomic E-state index is 0.550. The molecule has 2 N–H and O–H groups in total. The maximum absolute atomic E-state index is 8.82. The van der Waals surface area contributed by atoms with Crippen LogP contribution in [0, 0.1) is 11.3 Å². The third kappa shape index (κ3) is 3.77. The lowest BCUT2D eigenvalue weighted by molar-refractivity contribution is 1.04. The molecule has 1 aliphatic carbocycles. The second-order valence-electron chi connectivity index (χ2n) is 6.13. The number of nitriles is 1. The fourth-order valence-corrected chi connectivity index (χ4v) is 2.90. The molecule has 0 bridgehead atoms. The predicted octanol–water partition coefficient (Wildman–Crippen LogP) is 3.76. The van der Waals surface area contributed by atoms with Gasteiger partial charge in [-0.3, -0.25) is 0 Å². The van der Waals surface area contributed by atoms with Crippen LogP contribution in [0.3, 0.4) is 0 Å². The third-order valence-electron chi connectivity index (χ3n) is 4.28. The molecule has 0 unspecified atom stereocenters. The minimum atomic E-state index is 0.550. The number of benzene rings is 1. The highest BCUT2D eigenvalue weighted by Gasteiger charge is 2.11. The van der Waals surface area contributed by atoms with Crippen LogP contribution in [0.5, 0.6) is 0 Å². The van der Waals surface area contributed by atoms with Crippen molar-refractivity contribution in [2.45, 2.75) is 6.42 Å². The fraction of sp³-hybridized carbons (Fsp3) is 0.143. The summed E-state index contributed by atoms with van der Waals surface area (Å²) in [5.74, 6) is 2.34. The van der Waals surface area contributed by atoms with Crippen LogP contribution in [0.1, 0.15) is 17.8 Å². The standard InChI is InChI=1S/C21H18N6/c22-13-15-9-10-19(25-14-15)23-11-12-24-21-17-7-3-4-8-18(17)26-20(27-21)16-5-1-2-6-16/h1-5,7-10,14H,6,11-12H2,(H,23,25)(H,24,26,27). The molecular formula is C21H18N6. The highest BCUT2D eigenvalue weighted by molar-refractivity contribution is 5.90. The average molecular weight is 354 g/mol. The quantitative estimate of drug-likeness (QED) is 0.656. The van der Waals surface area contributed by atoms with Crippen molar-refractivity contribution in [1.82, 2.24) is 15.0 Å². The van der Waals surface area contributed by atoms with E-state index in [1.165, 1.54) is 0 Å². The van der Waals surface area contributed by atoms with E-state index in [1.807, 2.05) is 30.3 Å². The zero-order chi connectivity index (χ0) is 18.5. The lowest BCUT2D eigenvalue weighted by Crippen LogP contribution is -2.15. The van der Waals surface area contributed by atoms with Crippen LogP contribution in [0.4, 0.5) is 11.6 Å². The van der Waals surface area contributed by atoms with E-state index in [0.29, 0.717) is 18.7 Å². The first-order valence-corrected chi connectivity index (χ1v) is 8.80. The van der Waals surface area contributed by atoms with Crippen LogP contribution in [0.15, 0.2) is 60.8 Å². The highest BCUT2D eigenvalue weighted by Crippen LogP contribution is 2.26. The first-order valence-electron chi connectivity index (χ1n) is 8.80. The minimum Gasteiger partial charge on any atom is -0.368 e. The Bertz CT molecular complexity index is 1060. The molecule has 4 rings (SSSR count). The van der Waals surface area contributed by atoms with Gasteiger partial charge < -0.3 is 10.6 Å². The molecule has 3 aromatic rings. The molecule has 132 valence electrons. The van der Waals surface area contributed by atoms with Gasteiger partial charge in [-0.25, -0.2) is 15.0 Å².